The monoisotopic (exact) mass is 319 g/mol. The lowest BCUT2D eigenvalue weighted by Crippen LogP contribution is -2.49. The van der Waals surface area contributed by atoms with Gasteiger partial charge >= 0.3 is 5.97 Å². The summed E-state index contributed by atoms with van der Waals surface area (Å²) in [6.45, 7) is 4.03. The molecule has 1 aliphatic heterocycles. The van der Waals surface area contributed by atoms with Gasteiger partial charge in [0.1, 0.15) is 12.0 Å². The predicted molar refractivity (Wildman–Crippen MR) is 84.1 cm³/mol. The van der Waals surface area contributed by atoms with Crippen molar-refractivity contribution in [3.05, 3.63) is 28.4 Å². The minimum atomic E-state index is -0.439. The summed E-state index contributed by atoms with van der Waals surface area (Å²) >= 11 is 0. The SMILES string of the molecule is CCOC(=O)C1CC2(CCN(c3ccc([N+](=O)[O-])cn3)CC2)C1. The first-order chi connectivity index (χ1) is 11.0. The Morgan fingerprint density at radius 1 is 1.43 bits per heavy atom. The van der Waals surface area contributed by atoms with Crippen LogP contribution in [-0.4, -0.2) is 35.6 Å². The molecule has 2 fully saturated rings. The van der Waals surface area contributed by atoms with Crippen LogP contribution in [0, 0.1) is 21.4 Å². The van der Waals surface area contributed by atoms with E-state index in [4.69, 9.17) is 4.74 Å². The first-order valence-corrected chi connectivity index (χ1v) is 8.05. The molecule has 1 aromatic rings. The number of hydrogen-bond donors (Lipinski definition) is 0. The molecule has 2 heterocycles. The summed E-state index contributed by atoms with van der Waals surface area (Å²) < 4.78 is 5.09. The maximum absolute atomic E-state index is 11.7. The molecule has 0 unspecified atom stereocenters. The number of nitro groups is 1. The van der Waals surface area contributed by atoms with Gasteiger partial charge < -0.3 is 9.64 Å². The highest BCUT2D eigenvalue weighted by atomic mass is 16.6. The Bertz CT molecular complexity index is 586. The van der Waals surface area contributed by atoms with Gasteiger partial charge in [-0.15, -0.1) is 0 Å². The van der Waals surface area contributed by atoms with E-state index in [2.05, 4.69) is 9.88 Å². The Kier molecular flexibility index (Phi) is 4.19. The van der Waals surface area contributed by atoms with Crippen LogP contribution in [0.5, 0.6) is 0 Å². The van der Waals surface area contributed by atoms with Gasteiger partial charge in [0, 0.05) is 19.2 Å². The quantitative estimate of drug-likeness (QED) is 0.481. The normalized spacial score (nSPS) is 20.1. The number of piperidine rings is 1. The molecule has 2 aliphatic rings. The summed E-state index contributed by atoms with van der Waals surface area (Å²) in [5, 5.41) is 10.7. The molecule has 0 atom stereocenters. The van der Waals surface area contributed by atoms with Crippen LogP contribution in [0.2, 0.25) is 0 Å². The standard InChI is InChI=1S/C16H21N3O4/c1-2-23-15(20)12-9-16(10-12)5-7-18(8-6-16)14-4-3-13(11-17-14)19(21)22/h3-4,11-12H,2,5-10H2,1H3. The van der Waals surface area contributed by atoms with E-state index in [-0.39, 0.29) is 23.0 Å². The van der Waals surface area contributed by atoms with E-state index in [1.54, 1.807) is 6.07 Å². The molecular formula is C16H21N3O4. The number of nitrogens with zero attached hydrogens (tertiary/aromatic N) is 3. The fraction of sp³-hybridized carbons (Fsp3) is 0.625. The van der Waals surface area contributed by atoms with Crippen molar-refractivity contribution in [1.82, 2.24) is 4.98 Å². The first kappa shape index (κ1) is 15.7. The van der Waals surface area contributed by atoms with E-state index < -0.39 is 4.92 Å². The molecule has 1 aliphatic carbocycles. The van der Waals surface area contributed by atoms with Crippen LogP contribution in [0.25, 0.3) is 0 Å². The Hall–Kier alpha value is -2.18. The second-order valence-electron chi connectivity index (χ2n) is 6.48. The number of anilines is 1. The highest BCUT2D eigenvalue weighted by Gasteiger charge is 2.49. The van der Waals surface area contributed by atoms with Crippen LogP contribution in [0.15, 0.2) is 18.3 Å². The Morgan fingerprint density at radius 3 is 2.65 bits per heavy atom. The van der Waals surface area contributed by atoms with E-state index in [0.717, 1.165) is 44.6 Å². The number of hydrogen-bond acceptors (Lipinski definition) is 6. The first-order valence-electron chi connectivity index (χ1n) is 8.05. The number of pyridine rings is 1. The highest BCUT2D eigenvalue weighted by molar-refractivity contribution is 5.73. The zero-order valence-electron chi connectivity index (χ0n) is 13.2. The third-order valence-electron chi connectivity index (χ3n) is 5.07. The molecule has 23 heavy (non-hydrogen) atoms. The number of carbonyl (C=O) groups excluding carboxylic acids is 1. The summed E-state index contributed by atoms with van der Waals surface area (Å²) in [7, 11) is 0. The minimum absolute atomic E-state index is 0.0125. The van der Waals surface area contributed by atoms with E-state index >= 15 is 0 Å². The van der Waals surface area contributed by atoms with Gasteiger partial charge in [0.15, 0.2) is 0 Å². The summed E-state index contributed by atoms with van der Waals surface area (Å²) in [6.07, 6.45) is 5.21. The van der Waals surface area contributed by atoms with Gasteiger partial charge in [-0.3, -0.25) is 14.9 Å². The molecule has 1 saturated carbocycles. The summed E-state index contributed by atoms with van der Waals surface area (Å²) in [4.78, 5) is 28.3. The van der Waals surface area contributed by atoms with Crippen molar-refractivity contribution < 1.29 is 14.5 Å². The van der Waals surface area contributed by atoms with Gasteiger partial charge in [0.2, 0.25) is 0 Å². The molecule has 0 radical (unpaired) electrons. The van der Waals surface area contributed by atoms with Crippen molar-refractivity contribution in [3.8, 4) is 0 Å². The lowest BCUT2D eigenvalue weighted by atomic mass is 9.57. The molecule has 1 spiro atoms. The molecule has 0 bridgehead atoms. The lowest BCUT2D eigenvalue weighted by Gasteiger charge is -2.51. The van der Waals surface area contributed by atoms with Crippen molar-refractivity contribution >= 4 is 17.5 Å². The van der Waals surface area contributed by atoms with Crippen LogP contribution in [0.1, 0.15) is 32.6 Å². The van der Waals surface area contributed by atoms with Crippen LogP contribution in [-0.2, 0) is 9.53 Å². The van der Waals surface area contributed by atoms with Crippen molar-refractivity contribution in [2.45, 2.75) is 32.6 Å². The smallest absolute Gasteiger partial charge is 0.308 e. The summed E-state index contributed by atoms with van der Waals surface area (Å²) in [6, 6.07) is 3.20. The lowest BCUT2D eigenvalue weighted by molar-refractivity contribution is -0.385. The molecule has 1 aromatic heterocycles. The van der Waals surface area contributed by atoms with Gasteiger partial charge in [-0.05, 0) is 44.1 Å². The van der Waals surface area contributed by atoms with E-state index in [1.165, 1.54) is 12.3 Å². The molecule has 7 nitrogen and oxygen atoms in total. The van der Waals surface area contributed by atoms with Crippen molar-refractivity contribution in [2.75, 3.05) is 24.6 Å². The molecule has 7 heteroatoms. The van der Waals surface area contributed by atoms with Crippen LogP contribution < -0.4 is 4.90 Å². The Morgan fingerprint density at radius 2 is 2.13 bits per heavy atom. The van der Waals surface area contributed by atoms with Crippen molar-refractivity contribution in [2.24, 2.45) is 11.3 Å². The molecular weight excluding hydrogens is 298 g/mol. The minimum Gasteiger partial charge on any atom is -0.466 e. The zero-order valence-corrected chi connectivity index (χ0v) is 13.2. The second-order valence-corrected chi connectivity index (χ2v) is 6.48. The van der Waals surface area contributed by atoms with E-state index in [1.807, 2.05) is 6.92 Å². The molecule has 0 N–H and O–H groups in total. The fourth-order valence-corrected chi connectivity index (χ4v) is 3.70. The van der Waals surface area contributed by atoms with Gasteiger partial charge in [-0.1, -0.05) is 0 Å². The average Bonchev–Trinajstić information content (AvgIpc) is 2.53. The van der Waals surface area contributed by atoms with Gasteiger partial charge in [-0.2, -0.15) is 0 Å². The van der Waals surface area contributed by atoms with Crippen molar-refractivity contribution in [1.29, 1.82) is 0 Å². The third-order valence-corrected chi connectivity index (χ3v) is 5.07. The number of ether oxygens (including phenoxy) is 1. The molecule has 124 valence electrons. The maximum atomic E-state index is 11.7. The largest absolute Gasteiger partial charge is 0.466 e. The van der Waals surface area contributed by atoms with Crippen molar-refractivity contribution in [3.63, 3.8) is 0 Å². The van der Waals surface area contributed by atoms with Gasteiger partial charge in [0.25, 0.3) is 5.69 Å². The summed E-state index contributed by atoms with van der Waals surface area (Å²) in [5.41, 5.74) is 0.285. The van der Waals surface area contributed by atoms with Crippen LogP contribution in [0.4, 0.5) is 11.5 Å². The van der Waals surface area contributed by atoms with Crippen LogP contribution >= 0.6 is 0 Å². The summed E-state index contributed by atoms with van der Waals surface area (Å²) in [5.74, 6) is 0.795. The zero-order chi connectivity index (χ0) is 16.4. The van der Waals surface area contributed by atoms with E-state index in [9.17, 15) is 14.9 Å². The highest BCUT2D eigenvalue weighted by Crippen LogP contribution is 2.53. The number of aromatic nitrogens is 1. The average molecular weight is 319 g/mol. The van der Waals surface area contributed by atoms with Gasteiger partial charge in [0.05, 0.1) is 17.4 Å². The molecule has 0 aromatic carbocycles. The Balaban J connectivity index is 1.53. The predicted octanol–water partition coefficient (Wildman–Crippen LogP) is 2.55. The molecule has 1 saturated heterocycles. The Labute approximate surface area is 134 Å². The van der Waals surface area contributed by atoms with E-state index in [0.29, 0.717) is 6.61 Å². The number of esters is 1. The second kappa shape index (κ2) is 6.14. The van der Waals surface area contributed by atoms with Gasteiger partial charge in [-0.25, -0.2) is 4.98 Å². The number of rotatable bonds is 4. The number of carbonyl (C=O) groups is 1. The molecule has 0 amide bonds. The third kappa shape index (κ3) is 3.13. The topological polar surface area (TPSA) is 85.6 Å². The maximum Gasteiger partial charge on any atom is 0.308 e. The fourth-order valence-electron chi connectivity index (χ4n) is 3.70. The van der Waals surface area contributed by atoms with Crippen LogP contribution in [0.3, 0.4) is 0 Å². The molecule has 3 rings (SSSR count).